The van der Waals surface area contributed by atoms with E-state index in [1.807, 2.05) is 24.3 Å². The van der Waals surface area contributed by atoms with Gasteiger partial charge in [-0.1, -0.05) is 12.1 Å². The smallest absolute Gasteiger partial charge is 0.336 e. The monoisotopic (exact) mass is 466 g/mol. The summed E-state index contributed by atoms with van der Waals surface area (Å²) >= 11 is 0. The third kappa shape index (κ3) is 6.82. The molecule has 1 aliphatic rings. The summed E-state index contributed by atoms with van der Waals surface area (Å²) in [6.45, 7) is 3.33. The Morgan fingerprint density at radius 1 is 1.06 bits per heavy atom. The van der Waals surface area contributed by atoms with Gasteiger partial charge in [0.15, 0.2) is 6.61 Å². The number of amides is 1. The molecule has 0 radical (unpaired) electrons. The van der Waals surface area contributed by atoms with E-state index in [1.165, 1.54) is 6.07 Å². The number of nitrogens with one attached hydrogen (secondary N) is 1. The number of carbonyl (C=O) groups is 1. The summed E-state index contributed by atoms with van der Waals surface area (Å²) in [6.07, 6.45) is 2.12. The molecule has 0 saturated carbocycles. The minimum absolute atomic E-state index is 0.142. The van der Waals surface area contributed by atoms with Gasteiger partial charge in [-0.05, 0) is 55.8 Å². The van der Waals surface area contributed by atoms with Gasteiger partial charge >= 0.3 is 5.63 Å². The Balaban J connectivity index is 1.20. The largest absolute Gasteiger partial charge is 0.492 e. The van der Waals surface area contributed by atoms with E-state index in [0.29, 0.717) is 30.5 Å². The first-order valence-electron chi connectivity index (χ1n) is 11.5. The van der Waals surface area contributed by atoms with Crippen molar-refractivity contribution in [3.05, 3.63) is 70.6 Å². The molecular formula is C26H30N2O6. The second-order valence-electron chi connectivity index (χ2n) is 8.34. The molecule has 1 N–H and O–H groups in total. The third-order valence-corrected chi connectivity index (χ3v) is 5.88. The molecule has 3 aromatic rings. The predicted molar refractivity (Wildman–Crippen MR) is 128 cm³/mol. The average molecular weight is 467 g/mol. The number of carbonyl (C=O) groups excluding carboxylic acids is 1. The maximum absolute atomic E-state index is 12.2. The highest BCUT2D eigenvalue weighted by molar-refractivity contribution is 5.79. The number of ether oxygens (including phenoxy) is 3. The molecule has 1 aromatic heterocycles. The first-order valence-corrected chi connectivity index (χ1v) is 11.5. The normalized spacial score (nSPS) is 14.3. The Labute approximate surface area is 198 Å². The lowest BCUT2D eigenvalue weighted by molar-refractivity contribution is -0.123. The van der Waals surface area contributed by atoms with Crippen molar-refractivity contribution in [3.8, 4) is 11.5 Å². The van der Waals surface area contributed by atoms with Crippen LogP contribution < -0.4 is 20.4 Å². The molecule has 8 heteroatoms. The standard InChI is InChI=1S/C26H30N2O6/c1-28(21-9-12-31-13-10-21)11-14-32-22-4-2-3-19(15-22)17-27-25(29)18-33-23-7-5-20-6-8-26(30)34-24(20)16-23/h2-8,15-16,21H,9-14,17-18H2,1H3,(H,27,29). The third-order valence-electron chi connectivity index (χ3n) is 5.88. The van der Waals surface area contributed by atoms with Crippen LogP contribution in [0.5, 0.6) is 11.5 Å². The average Bonchev–Trinajstić information content (AvgIpc) is 2.86. The molecule has 1 amide bonds. The summed E-state index contributed by atoms with van der Waals surface area (Å²) in [5, 5.41) is 3.63. The summed E-state index contributed by atoms with van der Waals surface area (Å²) in [6, 6.07) is 16.4. The summed E-state index contributed by atoms with van der Waals surface area (Å²) in [5.74, 6) is 0.984. The van der Waals surface area contributed by atoms with Gasteiger partial charge in [0.2, 0.25) is 0 Å². The van der Waals surface area contributed by atoms with Gasteiger partial charge in [-0.2, -0.15) is 0 Å². The van der Waals surface area contributed by atoms with Crippen molar-refractivity contribution < 1.29 is 23.4 Å². The van der Waals surface area contributed by atoms with Gasteiger partial charge in [-0.15, -0.1) is 0 Å². The highest BCUT2D eigenvalue weighted by Gasteiger charge is 2.18. The SMILES string of the molecule is CN(CCOc1cccc(CNC(=O)COc2ccc3ccc(=O)oc3c2)c1)C1CCOCC1. The van der Waals surface area contributed by atoms with Crippen molar-refractivity contribution in [3.63, 3.8) is 0 Å². The van der Waals surface area contributed by atoms with E-state index in [-0.39, 0.29) is 12.5 Å². The fourth-order valence-corrected chi connectivity index (χ4v) is 3.89. The number of nitrogens with zero attached hydrogens (tertiary/aromatic N) is 1. The first kappa shape index (κ1) is 23.8. The fourth-order valence-electron chi connectivity index (χ4n) is 3.89. The van der Waals surface area contributed by atoms with E-state index in [0.717, 1.165) is 49.3 Å². The number of hydrogen-bond acceptors (Lipinski definition) is 7. The van der Waals surface area contributed by atoms with Crippen LogP contribution in [0.4, 0.5) is 0 Å². The molecule has 1 aliphatic heterocycles. The van der Waals surface area contributed by atoms with Crippen LogP contribution in [0.3, 0.4) is 0 Å². The van der Waals surface area contributed by atoms with E-state index < -0.39 is 5.63 Å². The number of likely N-dealkylation sites (N-methyl/N-ethyl adjacent to an activating group) is 1. The summed E-state index contributed by atoms with van der Waals surface area (Å²) in [4.78, 5) is 25.9. The molecule has 0 bridgehead atoms. The van der Waals surface area contributed by atoms with Crippen LogP contribution in [0.15, 0.2) is 63.8 Å². The van der Waals surface area contributed by atoms with Crippen molar-refractivity contribution in [1.82, 2.24) is 10.2 Å². The topological polar surface area (TPSA) is 90.2 Å². The lowest BCUT2D eigenvalue weighted by Crippen LogP contribution is -2.38. The highest BCUT2D eigenvalue weighted by atomic mass is 16.5. The molecule has 34 heavy (non-hydrogen) atoms. The molecule has 0 aliphatic carbocycles. The molecule has 1 saturated heterocycles. The van der Waals surface area contributed by atoms with E-state index in [1.54, 1.807) is 24.3 Å². The van der Waals surface area contributed by atoms with E-state index in [9.17, 15) is 9.59 Å². The van der Waals surface area contributed by atoms with E-state index in [2.05, 4.69) is 17.3 Å². The zero-order chi connectivity index (χ0) is 23.8. The van der Waals surface area contributed by atoms with Crippen LogP contribution in [0.2, 0.25) is 0 Å². The summed E-state index contributed by atoms with van der Waals surface area (Å²) in [7, 11) is 2.13. The van der Waals surface area contributed by atoms with Gasteiger partial charge < -0.3 is 23.9 Å². The van der Waals surface area contributed by atoms with Crippen LogP contribution in [0.25, 0.3) is 11.0 Å². The van der Waals surface area contributed by atoms with Gasteiger partial charge in [0, 0.05) is 49.9 Å². The zero-order valence-electron chi connectivity index (χ0n) is 19.3. The lowest BCUT2D eigenvalue weighted by Gasteiger charge is -2.31. The van der Waals surface area contributed by atoms with Crippen LogP contribution in [0.1, 0.15) is 18.4 Å². The van der Waals surface area contributed by atoms with E-state index >= 15 is 0 Å². The van der Waals surface area contributed by atoms with Gasteiger partial charge in [-0.3, -0.25) is 9.69 Å². The Morgan fingerprint density at radius 2 is 1.85 bits per heavy atom. The number of benzene rings is 2. The minimum Gasteiger partial charge on any atom is -0.492 e. The first-order chi connectivity index (χ1) is 16.6. The second-order valence-corrected chi connectivity index (χ2v) is 8.34. The van der Waals surface area contributed by atoms with E-state index in [4.69, 9.17) is 18.6 Å². The molecule has 0 unspecified atom stereocenters. The van der Waals surface area contributed by atoms with Gasteiger partial charge in [-0.25, -0.2) is 4.79 Å². The maximum atomic E-state index is 12.2. The van der Waals surface area contributed by atoms with Crippen molar-refractivity contribution in [2.45, 2.75) is 25.4 Å². The van der Waals surface area contributed by atoms with Crippen molar-refractivity contribution >= 4 is 16.9 Å². The van der Waals surface area contributed by atoms with Gasteiger partial charge in [0.05, 0.1) is 0 Å². The number of fused-ring (bicyclic) bond motifs is 1. The van der Waals surface area contributed by atoms with Gasteiger partial charge in [0.25, 0.3) is 5.91 Å². The number of hydrogen-bond donors (Lipinski definition) is 1. The zero-order valence-corrected chi connectivity index (χ0v) is 19.3. The molecule has 0 spiro atoms. The van der Waals surface area contributed by atoms with Crippen LogP contribution in [-0.4, -0.2) is 56.9 Å². The van der Waals surface area contributed by atoms with Crippen LogP contribution in [-0.2, 0) is 16.1 Å². The Kier molecular flexibility index (Phi) is 8.17. The van der Waals surface area contributed by atoms with Crippen molar-refractivity contribution in [2.24, 2.45) is 0 Å². The molecule has 1 fully saturated rings. The van der Waals surface area contributed by atoms with Gasteiger partial charge in [0.1, 0.15) is 23.7 Å². The fraction of sp³-hybridized carbons (Fsp3) is 0.385. The summed E-state index contributed by atoms with van der Waals surface area (Å²) < 4.78 is 22.0. The Hall–Kier alpha value is -3.36. The Bertz CT molecular complexity index is 1160. The minimum atomic E-state index is -0.431. The second kappa shape index (κ2) is 11.7. The van der Waals surface area contributed by atoms with Crippen molar-refractivity contribution in [2.75, 3.05) is 40.0 Å². The molecule has 2 heterocycles. The maximum Gasteiger partial charge on any atom is 0.336 e. The number of rotatable bonds is 10. The molecular weight excluding hydrogens is 436 g/mol. The molecule has 2 aromatic carbocycles. The molecule has 180 valence electrons. The molecule has 0 atom stereocenters. The van der Waals surface area contributed by atoms with Crippen LogP contribution >= 0.6 is 0 Å². The van der Waals surface area contributed by atoms with Crippen LogP contribution in [0, 0.1) is 0 Å². The molecule has 8 nitrogen and oxygen atoms in total. The quantitative estimate of drug-likeness (QED) is 0.460. The molecule has 4 rings (SSSR count). The van der Waals surface area contributed by atoms with Crippen molar-refractivity contribution in [1.29, 1.82) is 0 Å². The predicted octanol–water partition coefficient (Wildman–Crippen LogP) is 2.98. The lowest BCUT2D eigenvalue weighted by atomic mass is 10.1. The summed E-state index contributed by atoms with van der Waals surface area (Å²) in [5.41, 5.74) is 0.928. The highest BCUT2D eigenvalue weighted by Crippen LogP contribution is 2.19. The Morgan fingerprint density at radius 3 is 2.71 bits per heavy atom.